The van der Waals surface area contributed by atoms with Gasteiger partial charge >= 0.3 is 0 Å². The topological polar surface area (TPSA) is 74.6 Å². The summed E-state index contributed by atoms with van der Waals surface area (Å²) in [6, 6.07) is 0. The Morgan fingerprint density at radius 1 is 1.41 bits per heavy atom. The molecule has 4 nitrogen and oxygen atoms in total. The third-order valence-electron chi connectivity index (χ3n) is 3.63. The Morgan fingerprint density at radius 2 is 1.94 bits per heavy atom. The molecule has 0 aromatic heterocycles. The zero-order chi connectivity index (χ0) is 13.2. The average Bonchev–Trinajstić information content (AvgIpc) is 2.15. The average molecular weight is 240 g/mol. The number of aliphatic hydroxyl groups is 1. The van der Waals surface area contributed by atoms with Crippen molar-refractivity contribution in [1.29, 1.82) is 0 Å². The molecule has 2 bridgehead atoms. The van der Waals surface area contributed by atoms with Gasteiger partial charge < -0.3 is 10.2 Å². The number of fused-ring (bicyclic) bond motifs is 2. The third kappa shape index (κ3) is 3.16. The number of Topliss-reactive ketones (excluding diaryl/α,β-unsaturated/α-hetero) is 1. The van der Waals surface area contributed by atoms with Gasteiger partial charge in [0.25, 0.3) is 5.97 Å². The number of hydrogen-bond donors (Lipinski definition) is 2. The highest BCUT2D eigenvalue weighted by Gasteiger charge is 2.47. The van der Waals surface area contributed by atoms with Crippen molar-refractivity contribution in [3.63, 3.8) is 0 Å². The monoisotopic (exact) mass is 240 g/mol. The second-order valence-electron chi connectivity index (χ2n) is 5.03. The van der Waals surface area contributed by atoms with Crippen molar-refractivity contribution in [3.8, 4) is 0 Å². The van der Waals surface area contributed by atoms with Crippen molar-refractivity contribution >= 4 is 11.8 Å². The van der Waals surface area contributed by atoms with E-state index in [0.29, 0.717) is 5.92 Å². The molecule has 0 amide bonds. The summed E-state index contributed by atoms with van der Waals surface area (Å²) in [6.45, 7) is 4.73. The highest BCUT2D eigenvalue weighted by molar-refractivity contribution is 5.80. The molecule has 17 heavy (non-hydrogen) atoms. The van der Waals surface area contributed by atoms with Crippen LogP contribution in [0.5, 0.6) is 0 Å². The summed E-state index contributed by atoms with van der Waals surface area (Å²) in [5, 5.41) is 17.6. The van der Waals surface area contributed by atoms with E-state index in [2.05, 4.69) is 6.92 Å². The summed E-state index contributed by atoms with van der Waals surface area (Å²) in [5.74, 6) is -0.297. The van der Waals surface area contributed by atoms with Gasteiger partial charge in [-0.15, -0.1) is 0 Å². The van der Waals surface area contributed by atoms with Crippen LogP contribution in [0, 0.1) is 11.8 Å². The lowest BCUT2D eigenvalue weighted by Crippen LogP contribution is -2.48. The third-order valence-corrected chi connectivity index (χ3v) is 3.63. The van der Waals surface area contributed by atoms with Crippen LogP contribution >= 0.6 is 0 Å². The molecule has 0 heterocycles. The van der Waals surface area contributed by atoms with E-state index < -0.39 is 11.6 Å². The Balaban J connectivity index is 0.000000317. The van der Waals surface area contributed by atoms with Crippen molar-refractivity contribution in [1.82, 2.24) is 0 Å². The van der Waals surface area contributed by atoms with Crippen LogP contribution in [-0.2, 0) is 9.59 Å². The van der Waals surface area contributed by atoms with E-state index >= 15 is 0 Å². The number of carboxylic acid groups (broad SMARTS) is 1. The van der Waals surface area contributed by atoms with Gasteiger partial charge in [-0.05, 0) is 39.0 Å². The number of carboxylic acids is 1. The lowest BCUT2D eigenvalue weighted by Gasteiger charge is -2.45. The number of allylic oxidation sites excluding steroid dienone is 1. The van der Waals surface area contributed by atoms with Crippen molar-refractivity contribution < 1.29 is 19.8 Å². The van der Waals surface area contributed by atoms with Gasteiger partial charge in [0, 0.05) is 6.92 Å². The number of carbonyl (C=O) groups is 2. The van der Waals surface area contributed by atoms with Crippen LogP contribution in [0.2, 0.25) is 0 Å². The fraction of sp³-hybridized carbons (Fsp3) is 0.692. The van der Waals surface area contributed by atoms with Crippen molar-refractivity contribution in [2.75, 3.05) is 0 Å². The summed E-state index contributed by atoms with van der Waals surface area (Å²) in [4.78, 5) is 20.3. The van der Waals surface area contributed by atoms with Crippen LogP contribution in [0.1, 0.15) is 40.0 Å². The fourth-order valence-electron chi connectivity index (χ4n) is 2.80. The lowest BCUT2D eigenvalue weighted by molar-refractivity contribution is -0.134. The molecule has 0 spiro atoms. The zero-order valence-electron chi connectivity index (χ0n) is 10.6. The number of aliphatic carboxylic acids is 1. The molecule has 2 N–H and O–H groups in total. The highest BCUT2D eigenvalue weighted by Crippen LogP contribution is 2.46. The molecular formula is C13H20O4. The van der Waals surface area contributed by atoms with E-state index in [0.717, 1.165) is 26.2 Å². The first kappa shape index (κ1) is 13.9. The second-order valence-corrected chi connectivity index (χ2v) is 5.03. The Hall–Kier alpha value is -1.16. The summed E-state index contributed by atoms with van der Waals surface area (Å²) < 4.78 is 0. The van der Waals surface area contributed by atoms with Crippen LogP contribution < -0.4 is 0 Å². The summed E-state index contributed by atoms with van der Waals surface area (Å²) >= 11 is 0. The molecule has 1 saturated carbocycles. The molecule has 96 valence electrons. The molecule has 0 aromatic rings. The number of carbonyl (C=O) groups excluding carboxylic acids is 1. The van der Waals surface area contributed by atoms with E-state index in [1.165, 1.54) is 5.57 Å². The fourth-order valence-corrected chi connectivity index (χ4v) is 2.80. The Kier molecular flexibility index (Phi) is 4.09. The molecule has 0 saturated heterocycles. The van der Waals surface area contributed by atoms with E-state index in [9.17, 15) is 9.90 Å². The summed E-state index contributed by atoms with van der Waals surface area (Å²) in [5.41, 5.74) is 0.455. The van der Waals surface area contributed by atoms with Gasteiger partial charge in [-0.25, -0.2) is 0 Å². The first-order valence-electron chi connectivity index (χ1n) is 5.88. The minimum absolute atomic E-state index is 0.135. The predicted octanol–water partition coefficient (Wildman–Crippen LogP) is 1.77. The van der Waals surface area contributed by atoms with Crippen LogP contribution in [-0.4, -0.2) is 27.6 Å². The minimum Gasteiger partial charge on any atom is -0.481 e. The SMILES string of the molecule is CC(=O)C1CC2CCC1(O)C=C2C.CC(=O)O. The summed E-state index contributed by atoms with van der Waals surface area (Å²) in [6.07, 6.45) is 4.58. The van der Waals surface area contributed by atoms with E-state index in [1.807, 2.05) is 6.08 Å². The molecule has 3 aliphatic carbocycles. The molecule has 0 aliphatic heterocycles. The van der Waals surface area contributed by atoms with Gasteiger partial charge in [-0.1, -0.05) is 11.6 Å². The molecule has 1 fully saturated rings. The molecule has 3 rings (SSSR count). The van der Waals surface area contributed by atoms with Crippen molar-refractivity contribution in [3.05, 3.63) is 11.6 Å². The predicted molar refractivity (Wildman–Crippen MR) is 63.5 cm³/mol. The van der Waals surface area contributed by atoms with Crippen LogP contribution in [0.25, 0.3) is 0 Å². The smallest absolute Gasteiger partial charge is 0.300 e. The molecule has 0 radical (unpaired) electrons. The zero-order valence-corrected chi connectivity index (χ0v) is 10.6. The maximum Gasteiger partial charge on any atom is 0.300 e. The highest BCUT2D eigenvalue weighted by atomic mass is 16.4. The van der Waals surface area contributed by atoms with Gasteiger partial charge in [0.2, 0.25) is 0 Å². The molecule has 0 aromatic carbocycles. The number of rotatable bonds is 1. The lowest BCUT2D eigenvalue weighted by atomic mass is 9.62. The molecule has 4 heteroatoms. The molecule has 3 atom stereocenters. The van der Waals surface area contributed by atoms with E-state index in [4.69, 9.17) is 9.90 Å². The number of ketones is 1. The van der Waals surface area contributed by atoms with Gasteiger partial charge in [0.15, 0.2) is 0 Å². The second kappa shape index (κ2) is 5.00. The first-order valence-corrected chi connectivity index (χ1v) is 5.88. The molecular weight excluding hydrogens is 220 g/mol. The maximum atomic E-state index is 11.3. The minimum atomic E-state index is -0.833. The van der Waals surface area contributed by atoms with Gasteiger partial charge in [-0.3, -0.25) is 9.59 Å². The normalized spacial score (nSPS) is 34.5. The van der Waals surface area contributed by atoms with E-state index in [1.54, 1.807) is 6.92 Å². The first-order chi connectivity index (χ1) is 7.76. The Labute approximate surface area is 101 Å². The largest absolute Gasteiger partial charge is 0.481 e. The van der Waals surface area contributed by atoms with Gasteiger partial charge in [-0.2, -0.15) is 0 Å². The van der Waals surface area contributed by atoms with Crippen LogP contribution in [0.15, 0.2) is 11.6 Å². The standard InChI is InChI=1S/C11H16O2.C2H4O2/c1-7-6-11(13)4-3-9(7)5-10(11)8(2)12;1-2(3)4/h6,9-10,13H,3-5H2,1-2H3;1H3,(H,3,4). The Bertz CT molecular complexity index is 354. The summed E-state index contributed by atoms with van der Waals surface area (Å²) in [7, 11) is 0. The number of hydrogen-bond acceptors (Lipinski definition) is 3. The molecule has 3 unspecified atom stereocenters. The van der Waals surface area contributed by atoms with Crippen LogP contribution in [0.4, 0.5) is 0 Å². The van der Waals surface area contributed by atoms with Gasteiger partial charge in [0.1, 0.15) is 5.78 Å². The Morgan fingerprint density at radius 3 is 2.29 bits per heavy atom. The van der Waals surface area contributed by atoms with Crippen molar-refractivity contribution in [2.45, 2.75) is 45.6 Å². The van der Waals surface area contributed by atoms with Crippen molar-refractivity contribution in [2.24, 2.45) is 11.8 Å². The quantitative estimate of drug-likeness (QED) is 0.685. The van der Waals surface area contributed by atoms with Crippen LogP contribution in [0.3, 0.4) is 0 Å². The maximum absolute atomic E-state index is 11.3. The molecule has 3 aliphatic rings. The van der Waals surface area contributed by atoms with E-state index in [-0.39, 0.29) is 11.7 Å². The van der Waals surface area contributed by atoms with Gasteiger partial charge in [0.05, 0.1) is 11.5 Å².